The molecule has 5 rings (SSSR count). The van der Waals surface area contributed by atoms with Crippen molar-refractivity contribution in [1.29, 1.82) is 0 Å². The molecule has 1 saturated heterocycles. The van der Waals surface area contributed by atoms with Gasteiger partial charge < -0.3 is 10.5 Å². The molecule has 1 amide bonds. The highest BCUT2D eigenvalue weighted by atomic mass is 16.6. The molecule has 1 aliphatic rings. The van der Waals surface area contributed by atoms with Crippen molar-refractivity contribution in [3.05, 3.63) is 58.2 Å². The molecule has 3 aromatic heterocycles. The molecule has 1 aromatic carbocycles. The number of anilines is 1. The first kappa shape index (κ1) is 26.0. The molecule has 0 aliphatic carbocycles. The Labute approximate surface area is 224 Å². The van der Waals surface area contributed by atoms with Gasteiger partial charge in [0.25, 0.3) is 5.91 Å². The van der Waals surface area contributed by atoms with Gasteiger partial charge in [-0.2, -0.15) is 14.9 Å². The summed E-state index contributed by atoms with van der Waals surface area (Å²) >= 11 is 0. The Kier molecular flexibility index (Phi) is 7.63. The quantitative estimate of drug-likeness (QED) is 0.239. The van der Waals surface area contributed by atoms with Crippen LogP contribution in [0.3, 0.4) is 0 Å². The van der Waals surface area contributed by atoms with E-state index in [9.17, 15) is 4.79 Å². The van der Waals surface area contributed by atoms with Gasteiger partial charge in [0.05, 0.1) is 31.3 Å². The van der Waals surface area contributed by atoms with E-state index in [1.54, 1.807) is 13.3 Å². The number of likely N-dealkylation sites (tertiary alicyclic amines) is 1. The van der Waals surface area contributed by atoms with Crippen molar-refractivity contribution in [3.63, 3.8) is 0 Å². The number of carbonyl (C=O) groups is 1. The maximum atomic E-state index is 13.1. The number of rotatable bonds is 9. The number of nitrogens with two attached hydrogens (primary N) is 1. The molecule has 204 valence electrons. The number of ether oxygens (including phenoxy) is 1. The fourth-order valence-corrected chi connectivity index (χ4v) is 4.67. The highest BCUT2D eigenvalue weighted by Gasteiger charge is 2.26. The van der Waals surface area contributed by atoms with Crippen LogP contribution < -0.4 is 15.9 Å². The molecule has 0 bridgehead atoms. The first-order chi connectivity index (χ1) is 18.9. The van der Waals surface area contributed by atoms with Crippen LogP contribution in [0.5, 0.6) is 5.75 Å². The number of aromatic nitrogens is 7. The molecule has 0 radical (unpaired) electrons. The second kappa shape index (κ2) is 11.4. The monoisotopic (exact) mass is 533 g/mol. The van der Waals surface area contributed by atoms with Crippen LogP contribution in [0.2, 0.25) is 0 Å². The van der Waals surface area contributed by atoms with E-state index in [2.05, 4.69) is 41.2 Å². The lowest BCUT2D eigenvalue weighted by Crippen LogP contribution is -2.31. The van der Waals surface area contributed by atoms with Crippen LogP contribution >= 0.6 is 0 Å². The molecule has 14 nitrogen and oxygen atoms in total. The van der Waals surface area contributed by atoms with E-state index in [0.717, 1.165) is 54.2 Å². The SMILES string of the molecule is COc1ccc(/C=N/NC(=O)c2nnn(-c3nonc3N)c2CN2CCCCC2)cc1Cn1nc(C)cc1C. The van der Waals surface area contributed by atoms with Gasteiger partial charge in [-0.3, -0.25) is 14.4 Å². The zero-order chi connectivity index (χ0) is 27.4. The Morgan fingerprint density at radius 1 is 1.18 bits per heavy atom. The summed E-state index contributed by atoms with van der Waals surface area (Å²) in [7, 11) is 1.63. The largest absolute Gasteiger partial charge is 0.496 e. The van der Waals surface area contributed by atoms with Crippen LogP contribution in [-0.2, 0) is 13.1 Å². The molecule has 4 aromatic rings. The second-order valence-electron chi connectivity index (χ2n) is 9.46. The Bertz CT molecular complexity index is 1480. The Morgan fingerprint density at radius 3 is 2.69 bits per heavy atom. The van der Waals surface area contributed by atoms with Crippen molar-refractivity contribution >= 4 is 17.9 Å². The first-order valence-corrected chi connectivity index (χ1v) is 12.7. The van der Waals surface area contributed by atoms with E-state index in [0.29, 0.717) is 18.8 Å². The summed E-state index contributed by atoms with van der Waals surface area (Å²) in [5.41, 5.74) is 12.8. The zero-order valence-electron chi connectivity index (χ0n) is 22.2. The summed E-state index contributed by atoms with van der Waals surface area (Å²) in [5, 5.41) is 24.4. The Hall–Kier alpha value is -4.59. The highest BCUT2D eigenvalue weighted by molar-refractivity contribution is 5.94. The smallest absolute Gasteiger partial charge is 0.293 e. The number of amides is 1. The van der Waals surface area contributed by atoms with Crippen LogP contribution in [0.25, 0.3) is 5.82 Å². The molecule has 0 unspecified atom stereocenters. The summed E-state index contributed by atoms with van der Waals surface area (Å²) in [6, 6.07) is 7.69. The molecular formula is C25H31N11O3. The minimum absolute atomic E-state index is 0.0561. The number of methoxy groups -OCH3 is 1. The van der Waals surface area contributed by atoms with Crippen LogP contribution in [-0.4, -0.2) is 72.3 Å². The summed E-state index contributed by atoms with van der Waals surface area (Å²) in [5.74, 6) is 0.478. The molecule has 1 aliphatic heterocycles. The molecule has 4 heterocycles. The number of nitrogens with one attached hydrogen (secondary N) is 1. The van der Waals surface area contributed by atoms with Gasteiger partial charge in [-0.1, -0.05) is 11.6 Å². The molecule has 0 atom stereocenters. The standard InChI is InChI=1S/C25H31N11O3/c1-16-11-17(2)35(30-16)14-19-12-18(7-8-21(19)38-3)13-27-29-25(37)22-20(15-34-9-5-4-6-10-34)36(33-28-22)24-23(26)31-39-32-24/h7-8,11-13H,4-6,9-10,14-15H2,1-3H3,(H2,26,31)(H,29,37)/b27-13+. The number of piperidine rings is 1. The number of hydrazone groups is 1. The van der Waals surface area contributed by atoms with Crippen molar-refractivity contribution in [1.82, 2.24) is 45.4 Å². The van der Waals surface area contributed by atoms with Crippen LogP contribution in [0, 0.1) is 13.8 Å². The fourth-order valence-electron chi connectivity index (χ4n) is 4.67. The molecule has 14 heteroatoms. The number of carbonyl (C=O) groups excluding carboxylic acids is 1. The predicted octanol–water partition coefficient (Wildman–Crippen LogP) is 1.85. The zero-order valence-corrected chi connectivity index (χ0v) is 22.2. The Morgan fingerprint density at radius 2 is 2.00 bits per heavy atom. The first-order valence-electron chi connectivity index (χ1n) is 12.7. The lowest BCUT2D eigenvalue weighted by molar-refractivity contribution is 0.0947. The summed E-state index contributed by atoms with van der Waals surface area (Å²) in [6.45, 7) is 6.78. The summed E-state index contributed by atoms with van der Waals surface area (Å²) < 4.78 is 13.6. The second-order valence-corrected chi connectivity index (χ2v) is 9.46. The van der Waals surface area contributed by atoms with Gasteiger partial charge in [0.2, 0.25) is 11.6 Å². The van der Waals surface area contributed by atoms with E-state index in [1.165, 1.54) is 11.1 Å². The van der Waals surface area contributed by atoms with E-state index < -0.39 is 5.91 Å². The van der Waals surface area contributed by atoms with Gasteiger partial charge in [0.1, 0.15) is 5.75 Å². The fraction of sp³-hybridized carbons (Fsp3) is 0.400. The van der Waals surface area contributed by atoms with E-state index in [-0.39, 0.29) is 17.3 Å². The average Bonchev–Trinajstić information content (AvgIpc) is 3.62. The number of aryl methyl sites for hydroxylation is 2. The number of hydrogen-bond donors (Lipinski definition) is 2. The molecular weight excluding hydrogens is 502 g/mol. The third-order valence-electron chi connectivity index (χ3n) is 6.60. The summed E-state index contributed by atoms with van der Waals surface area (Å²) in [4.78, 5) is 15.4. The maximum Gasteiger partial charge on any atom is 0.293 e. The van der Waals surface area contributed by atoms with Crippen LogP contribution in [0.4, 0.5) is 5.82 Å². The van der Waals surface area contributed by atoms with Gasteiger partial charge >= 0.3 is 0 Å². The van der Waals surface area contributed by atoms with E-state index >= 15 is 0 Å². The number of hydrogen-bond acceptors (Lipinski definition) is 11. The Balaban J connectivity index is 1.34. The average molecular weight is 534 g/mol. The maximum absolute atomic E-state index is 13.1. The molecule has 1 fully saturated rings. The van der Waals surface area contributed by atoms with Crippen molar-refractivity contribution < 1.29 is 14.2 Å². The van der Waals surface area contributed by atoms with Gasteiger partial charge in [-0.25, -0.2) is 10.1 Å². The molecule has 39 heavy (non-hydrogen) atoms. The summed E-state index contributed by atoms with van der Waals surface area (Å²) in [6.07, 6.45) is 4.93. The van der Waals surface area contributed by atoms with Crippen LogP contribution in [0.15, 0.2) is 34.0 Å². The van der Waals surface area contributed by atoms with Gasteiger partial charge in [-0.15, -0.1) is 5.10 Å². The normalized spacial score (nSPS) is 14.2. The molecule has 0 spiro atoms. The van der Waals surface area contributed by atoms with Gasteiger partial charge in [0.15, 0.2) is 5.69 Å². The number of nitrogens with zero attached hydrogens (tertiary/aromatic N) is 9. The molecule has 3 N–H and O–H groups in total. The molecule has 0 saturated carbocycles. The minimum Gasteiger partial charge on any atom is -0.496 e. The van der Waals surface area contributed by atoms with Gasteiger partial charge in [-0.05, 0) is 79.9 Å². The third-order valence-corrected chi connectivity index (χ3v) is 6.60. The van der Waals surface area contributed by atoms with Gasteiger partial charge in [0, 0.05) is 17.8 Å². The van der Waals surface area contributed by atoms with Crippen LogP contribution in [0.1, 0.15) is 58.0 Å². The van der Waals surface area contributed by atoms with Crippen molar-refractivity contribution in [3.8, 4) is 11.6 Å². The van der Waals surface area contributed by atoms with Crippen molar-refractivity contribution in [2.75, 3.05) is 25.9 Å². The van der Waals surface area contributed by atoms with Crippen molar-refractivity contribution in [2.24, 2.45) is 5.10 Å². The topological polar surface area (TPSA) is 167 Å². The predicted molar refractivity (Wildman–Crippen MR) is 142 cm³/mol. The number of nitrogen functional groups attached to an aromatic ring is 1. The third kappa shape index (κ3) is 5.80. The highest BCUT2D eigenvalue weighted by Crippen LogP contribution is 2.22. The lowest BCUT2D eigenvalue weighted by atomic mass is 10.1. The van der Waals surface area contributed by atoms with E-state index in [4.69, 9.17) is 15.1 Å². The van der Waals surface area contributed by atoms with E-state index in [1.807, 2.05) is 42.8 Å². The number of benzene rings is 1. The minimum atomic E-state index is -0.504. The van der Waals surface area contributed by atoms with Crippen molar-refractivity contribution in [2.45, 2.75) is 46.2 Å². The lowest BCUT2D eigenvalue weighted by Gasteiger charge is -2.26.